The monoisotopic (exact) mass is 571 g/mol. The van der Waals surface area contributed by atoms with Crippen LogP contribution in [0.5, 0.6) is 0 Å². The molecule has 14 heteroatoms. The Balaban J connectivity index is 1.57. The number of carbonyl (C=O) groups is 1. The number of carbonyl (C=O) groups excluding carboxylic acids is 1. The molecule has 5 rings (SSSR count). The Hall–Kier alpha value is -4.10. The lowest BCUT2D eigenvalue weighted by Crippen LogP contribution is -2.31. The number of hydrogen-bond acceptors (Lipinski definition) is 9. The number of aromatic nitrogens is 4. The lowest BCUT2D eigenvalue weighted by atomic mass is 10.0. The van der Waals surface area contributed by atoms with Crippen LogP contribution in [-0.2, 0) is 30.2 Å². The predicted octanol–water partition coefficient (Wildman–Crippen LogP) is 2.90. The number of halogens is 2. The molecule has 4 aromatic rings. The third-order valence-electron chi connectivity index (χ3n) is 6.31. The molecular formula is C25H23ClFN7O4S. The van der Waals surface area contributed by atoms with Gasteiger partial charge in [-0.25, -0.2) is 27.5 Å². The fraction of sp³-hybridized carbons (Fsp3) is 0.240. The van der Waals surface area contributed by atoms with Crippen molar-refractivity contribution in [1.82, 2.24) is 24.2 Å². The number of pyridine rings is 2. The second-order valence-electron chi connectivity index (χ2n) is 9.23. The molecule has 0 aliphatic carbocycles. The largest absolute Gasteiger partial charge is 0.377 e. The van der Waals surface area contributed by atoms with Crippen LogP contribution < -0.4 is 20.5 Å². The standard InChI is InChI=1S/C25H23ClFN7O4S/c1-13(29-18-6-7-20(26)30-22(18)23(35)32-39(3,37)38)16-9-15(27)10-17-21(16)31-25(33(2)24(17)36)34-11-14-5-4-8-28-19(14)12-34/h4-10,13,29H,11-12H2,1-3H3,(H,32,35)/t13-/m1/s1. The van der Waals surface area contributed by atoms with Crippen molar-refractivity contribution in [1.29, 1.82) is 0 Å². The fourth-order valence-corrected chi connectivity index (χ4v) is 5.14. The molecule has 0 bridgehead atoms. The van der Waals surface area contributed by atoms with Gasteiger partial charge in [0, 0.05) is 25.4 Å². The van der Waals surface area contributed by atoms with Crippen molar-refractivity contribution in [2.24, 2.45) is 7.05 Å². The van der Waals surface area contributed by atoms with E-state index < -0.39 is 33.3 Å². The highest BCUT2D eigenvalue weighted by Gasteiger charge is 2.26. The summed E-state index contributed by atoms with van der Waals surface area (Å²) in [5.74, 6) is -1.23. The highest BCUT2D eigenvalue weighted by atomic mass is 35.5. The first-order valence-corrected chi connectivity index (χ1v) is 14.0. The van der Waals surface area contributed by atoms with E-state index in [4.69, 9.17) is 16.6 Å². The molecule has 0 spiro atoms. The van der Waals surface area contributed by atoms with E-state index in [1.54, 1.807) is 20.2 Å². The molecule has 1 amide bonds. The molecule has 0 fully saturated rings. The summed E-state index contributed by atoms with van der Waals surface area (Å²) in [6.07, 6.45) is 2.54. The van der Waals surface area contributed by atoms with Gasteiger partial charge in [-0.1, -0.05) is 17.7 Å². The third-order valence-corrected chi connectivity index (χ3v) is 7.08. The zero-order valence-electron chi connectivity index (χ0n) is 21.1. The highest BCUT2D eigenvalue weighted by molar-refractivity contribution is 7.89. The molecule has 202 valence electrons. The molecule has 0 radical (unpaired) electrons. The smallest absolute Gasteiger partial charge is 0.285 e. The Labute approximate surface area is 227 Å². The van der Waals surface area contributed by atoms with E-state index >= 15 is 0 Å². The summed E-state index contributed by atoms with van der Waals surface area (Å²) in [7, 11) is -2.29. The average Bonchev–Trinajstić information content (AvgIpc) is 3.30. The lowest BCUT2D eigenvalue weighted by molar-refractivity contribution is 0.0977. The SMILES string of the molecule is C[C@@H](Nc1ccc(Cl)nc1C(=O)NS(C)(=O)=O)c1cc(F)cc2c(=O)n(C)c(N3Cc4cccnc4C3)nc12. The van der Waals surface area contributed by atoms with Gasteiger partial charge in [0.1, 0.15) is 11.0 Å². The predicted molar refractivity (Wildman–Crippen MR) is 145 cm³/mol. The van der Waals surface area contributed by atoms with Crippen molar-refractivity contribution in [3.8, 4) is 0 Å². The van der Waals surface area contributed by atoms with E-state index in [1.165, 1.54) is 22.8 Å². The van der Waals surface area contributed by atoms with Crippen LogP contribution in [0, 0.1) is 5.82 Å². The molecule has 1 aromatic carbocycles. The van der Waals surface area contributed by atoms with Crippen molar-refractivity contribution in [2.75, 3.05) is 16.5 Å². The lowest BCUT2D eigenvalue weighted by Gasteiger charge is -2.22. The zero-order valence-corrected chi connectivity index (χ0v) is 22.6. The second kappa shape index (κ2) is 9.89. The third kappa shape index (κ3) is 5.27. The Morgan fingerprint density at radius 2 is 1.95 bits per heavy atom. The summed E-state index contributed by atoms with van der Waals surface area (Å²) in [5.41, 5.74) is 1.99. The summed E-state index contributed by atoms with van der Waals surface area (Å²) < 4.78 is 41.2. The maximum absolute atomic E-state index is 14.8. The Morgan fingerprint density at radius 1 is 1.18 bits per heavy atom. The average molecular weight is 572 g/mol. The quantitative estimate of drug-likeness (QED) is 0.334. The minimum Gasteiger partial charge on any atom is -0.377 e. The molecule has 3 aromatic heterocycles. The number of hydrogen-bond donors (Lipinski definition) is 2. The zero-order chi connectivity index (χ0) is 28.1. The van der Waals surface area contributed by atoms with E-state index in [0.29, 0.717) is 24.6 Å². The number of fused-ring (bicyclic) bond motifs is 2. The molecule has 39 heavy (non-hydrogen) atoms. The van der Waals surface area contributed by atoms with Gasteiger partial charge in [-0.15, -0.1) is 0 Å². The van der Waals surface area contributed by atoms with Gasteiger partial charge in [0.2, 0.25) is 16.0 Å². The molecule has 0 saturated heterocycles. The van der Waals surface area contributed by atoms with Crippen LogP contribution in [0.15, 0.2) is 47.4 Å². The first-order chi connectivity index (χ1) is 18.4. The minimum absolute atomic E-state index is 0.0287. The maximum Gasteiger partial charge on any atom is 0.285 e. The second-order valence-corrected chi connectivity index (χ2v) is 11.4. The van der Waals surface area contributed by atoms with Crippen LogP contribution in [0.3, 0.4) is 0 Å². The minimum atomic E-state index is -3.87. The number of nitrogens with zero attached hydrogens (tertiary/aromatic N) is 5. The molecule has 1 aliphatic heterocycles. The number of rotatable bonds is 6. The van der Waals surface area contributed by atoms with E-state index in [0.717, 1.165) is 23.6 Å². The van der Waals surface area contributed by atoms with Gasteiger partial charge in [0.25, 0.3) is 11.5 Å². The Bertz CT molecular complexity index is 1790. The summed E-state index contributed by atoms with van der Waals surface area (Å²) in [6, 6.07) is 8.39. The van der Waals surface area contributed by atoms with Gasteiger partial charge in [0.15, 0.2) is 5.69 Å². The van der Waals surface area contributed by atoms with Crippen molar-refractivity contribution in [2.45, 2.75) is 26.1 Å². The first-order valence-electron chi connectivity index (χ1n) is 11.7. The molecule has 1 atom stereocenters. The molecule has 11 nitrogen and oxygen atoms in total. The van der Waals surface area contributed by atoms with Crippen molar-refractivity contribution < 1.29 is 17.6 Å². The van der Waals surface area contributed by atoms with Crippen LogP contribution in [0.4, 0.5) is 16.0 Å². The van der Waals surface area contributed by atoms with E-state index in [-0.39, 0.29) is 27.4 Å². The van der Waals surface area contributed by atoms with E-state index in [2.05, 4.69) is 15.3 Å². The van der Waals surface area contributed by atoms with Gasteiger partial charge in [-0.3, -0.25) is 19.1 Å². The van der Waals surface area contributed by atoms with Gasteiger partial charge in [0.05, 0.1) is 41.1 Å². The number of amides is 1. The molecule has 1 aliphatic rings. The molecular weight excluding hydrogens is 549 g/mol. The van der Waals surface area contributed by atoms with Crippen LogP contribution in [0.25, 0.3) is 10.9 Å². The van der Waals surface area contributed by atoms with Gasteiger partial charge >= 0.3 is 0 Å². The van der Waals surface area contributed by atoms with E-state index in [1.807, 2.05) is 21.8 Å². The topological polar surface area (TPSA) is 139 Å². The van der Waals surface area contributed by atoms with Gasteiger partial charge < -0.3 is 10.2 Å². The van der Waals surface area contributed by atoms with Crippen molar-refractivity contribution >= 4 is 50.1 Å². The number of benzene rings is 1. The van der Waals surface area contributed by atoms with Gasteiger partial charge in [-0.05, 0) is 42.8 Å². The number of anilines is 2. The molecule has 2 N–H and O–H groups in total. The van der Waals surface area contributed by atoms with Crippen LogP contribution in [-0.4, -0.2) is 40.1 Å². The van der Waals surface area contributed by atoms with Crippen LogP contribution in [0.2, 0.25) is 5.15 Å². The van der Waals surface area contributed by atoms with Crippen LogP contribution >= 0.6 is 11.6 Å². The summed E-state index contributed by atoms with van der Waals surface area (Å²) in [4.78, 5) is 41.0. The summed E-state index contributed by atoms with van der Waals surface area (Å²) in [6.45, 7) is 2.66. The van der Waals surface area contributed by atoms with Crippen molar-refractivity contribution in [3.63, 3.8) is 0 Å². The number of nitrogens with one attached hydrogen (secondary N) is 2. The number of sulfonamides is 1. The molecule has 0 unspecified atom stereocenters. The summed E-state index contributed by atoms with van der Waals surface area (Å²) in [5, 5.41) is 3.12. The molecule has 4 heterocycles. The van der Waals surface area contributed by atoms with E-state index in [9.17, 15) is 22.4 Å². The Morgan fingerprint density at radius 3 is 2.67 bits per heavy atom. The van der Waals surface area contributed by atoms with Gasteiger partial charge in [-0.2, -0.15) is 0 Å². The fourth-order valence-electron chi connectivity index (χ4n) is 4.56. The van der Waals surface area contributed by atoms with Crippen LogP contribution in [0.1, 0.15) is 40.3 Å². The summed E-state index contributed by atoms with van der Waals surface area (Å²) >= 11 is 5.96. The molecule has 0 saturated carbocycles. The Kier molecular flexibility index (Phi) is 6.72. The first kappa shape index (κ1) is 26.5. The maximum atomic E-state index is 14.8. The highest BCUT2D eigenvalue weighted by Crippen LogP contribution is 2.30. The van der Waals surface area contributed by atoms with Crippen molar-refractivity contribution in [3.05, 3.63) is 86.4 Å². The normalized spacial score (nSPS) is 13.8.